The Morgan fingerprint density at radius 2 is 1.80 bits per heavy atom. The first-order valence-electron chi connectivity index (χ1n) is 10.9. The molecule has 178 valence electrons. The number of aromatic amines is 1. The lowest BCUT2D eigenvalue weighted by Crippen LogP contribution is -2.59. The fourth-order valence-electron chi connectivity index (χ4n) is 5.58. The molecular formula is C26H21ClN2O6. The van der Waals surface area contributed by atoms with E-state index in [-0.39, 0.29) is 39.7 Å². The molecule has 0 bridgehead atoms. The number of H-pyrrole nitrogens is 1. The Kier molecular flexibility index (Phi) is 5.03. The normalized spacial score (nSPS) is 19.6. The SMILES string of the molecule is CC1=C(C(=O)O)C2(C(=O)O)c3[nH]c4ccccc4c3CCN2C(C)=C1C(=O)c1cc(Cl)ccc1O. The number of rotatable bonds is 4. The highest BCUT2D eigenvalue weighted by molar-refractivity contribution is 6.31. The molecule has 0 amide bonds. The molecule has 5 rings (SSSR count). The average molecular weight is 493 g/mol. The maximum Gasteiger partial charge on any atom is 0.340 e. The molecule has 2 aliphatic heterocycles. The van der Waals surface area contributed by atoms with Gasteiger partial charge in [-0.1, -0.05) is 29.8 Å². The number of allylic oxidation sites excluding steroid dienone is 3. The number of para-hydroxylation sites is 1. The number of carbonyl (C=O) groups excluding carboxylic acids is 1. The number of benzene rings is 2. The molecule has 3 aromatic rings. The molecular weight excluding hydrogens is 472 g/mol. The number of hydrogen-bond donors (Lipinski definition) is 4. The van der Waals surface area contributed by atoms with Gasteiger partial charge in [-0.2, -0.15) is 0 Å². The van der Waals surface area contributed by atoms with Crippen LogP contribution < -0.4 is 0 Å². The monoisotopic (exact) mass is 492 g/mol. The predicted octanol–water partition coefficient (Wildman–Crippen LogP) is 4.24. The van der Waals surface area contributed by atoms with E-state index in [0.717, 1.165) is 10.9 Å². The molecule has 2 aliphatic rings. The van der Waals surface area contributed by atoms with Gasteiger partial charge in [0.05, 0.1) is 16.8 Å². The van der Waals surface area contributed by atoms with Gasteiger partial charge in [-0.15, -0.1) is 0 Å². The second-order valence-electron chi connectivity index (χ2n) is 8.70. The van der Waals surface area contributed by atoms with Crippen LogP contribution in [0, 0.1) is 0 Å². The molecule has 3 heterocycles. The number of carboxylic acids is 2. The Labute approximate surface area is 204 Å². The van der Waals surface area contributed by atoms with Crippen molar-refractivity contribution in [3.8, 4) is 5.75 Å². The zero-order chi connectivity index (χ0) is 25.2. The number of halogens is 1. The molecule has 0 saturated heterocycles. The van der Waals surface area contributed by atoms with Crippen molar-refractivity contribution in [2.24, 2.45) is 0 Å². The van der Waals surface area contributed by atoms with E-state index in [9.17, 15) is 29.7 Å². The maximum absolute atomic E-state index is 13.6. The Bertz CT molecular complexity index is 1530. The van der Waals surface area contributed by atoms with Gasteiger partial charge in [-0.25, -0.2) is 9.59 Å². The minimum Gasteiger partial charge on any atom is -0.507 e. The van der Waals surface area contributed by atoms with Gasteiger partial charge in [-0.05, 0) is 55.7 Å². The first-order chi connectivity index (χ1) is 16.6. The van der Waals surface area contributed by atoms with Gasteiger partial charge >= 0.3 is 11.9 Å². The highest BCUT2D eigenvalue weighted by Gasteiger charge is 2.59. The van der Waals surface area contributed by atoms with Gasteiger partial charge in [0.25, 0.3) is 0 Å². The molecule has 2 aromatic carbocycles. The molecule has 0 fully saturated rings. The standard InChI is InChI=1S/C26H21ClN2O6/c1-12-20(22(31)17-11-14(27)7-8-19(17)30)13(2)29-10-9-16-15-5-3-4-6-18(15)28-23(16)26(29,25(34)35)21(12)24(32)33/h3-8,11,28,30H,9-10H2,1-2H3,(H,32,33)(H,34,35). The van der Waals surface area contributed by atoms with Crippen LogP contribution in [0.25, 0.3) is 10.9 Å². The lowest BCUT2D eigenvalue weighted by molar-refractivity contribution is -0.153. The second kappa shape index (κ2) is 7.74. The van der Waals surface area contributed by atoms with E-state index in [2.05, 4.69) is 4.98 Å². The van der Waals surface area contributed by atoms with E-state index in [4.69, 9.17) is 11.6 Å². The molecule has 9 heteroatoms. The zero-order valence-electron chi connectivity index (χ0n) is 18.8. The minimum atomic E-state index is -2.06. The number of carboxylic acid groups (broad SMARTS) is 2. The summed E-state index contributed by atoms with van der Waals surface area (Å²) in [4.78, 5) is 44.1. The number of hydrogen-bond acceptors (Lipinski definition) is 5. The quantitative estimate of drug-likeness (QED) is 0.401. The lowest BCUT2D eigenvalue weighted by Gasteiger charge is -2.49. The first-order valence-corrected chi connectivity index (χ1v) is 11.3. The summed E-state index contributed by atoms with van der Waals surface area (Å²) >= 11 is 6.04. The van der Waals surface area contributed by atoms with E-state index >= 15 is 0 Å². The third-order valence-electron chi connectivity index (χ3n) is 7.00. The summed E-state index contributed by atoms with van der Waals surface area (Å²) in [6, 6.07) is 11.4. The van der Waals surface area contributed by atoms with Crippen LogP contribution in [-0.4, -0.2) is 49.5 Å². The largest absolute Gasteiger partial charge is 0.507 e. The summed E-state index contributed by atoms with van der Waals surface area (Å²) in [7, 11) is 0. The van der Waals surface area contributed by atoms with E-state index in [1.807, 2.05) is 24.3 Å². The number of Topliss-reactive ketones (excluding diaryl/α,β-unsaturated/α-hetero) is 1. The zero-order valence-corrected chi connectivity index (χ0v) is 19.6. The van der Waals surface area contributed by atoms with Crippen molar-refractivity contribution < 1.29 is 29.7 Å². The fourth-order valence-corrected chi connectivity index (χ4v) is 5.75. The highest BCUT2D eigenvalue weighted by Crippen LogP contribution is 2.51. The Hall–Kier alpha value is -4.04. The summed E-state index contributed by atoms with van der Waals surface area (Å²) in [5, 5.41) is 32.4. The number of phenols is 1. The molecule has 0 aliphatic carbocycles. The van der Waals surface area contributed by atoms with Gasteiger partial charge < -0.3 is 25.2 Å². The van der Waals surface area contributed by atoms with Gasteiger partial charge in [0.15, 0.2) is 5.78 Å². The van der Waals surface area contributed by atoms with Crippen LogP contribution >= 0.6 is 11.6 Å². The Morgan fingerprint density at radius 3 is 2.49 bits per heavy atom. The molecule has 1 aromatic heterocycles. The summed E-state index contributed by atoms with van der Waals surface area (Å²) in [5.74, 6) is -3.76. The van der Waals surface area contributed by atoms with Crippen molar-refractivity contribution in [3.63, 3.8) is 0 Å². The van der Waals surface area contributed by atoms with Gasteiger partial charge in [0, 0.05) is 33.7 Å². The van der Waals surface area contributed by atoms with Crippen LogP contribution in [0.2, 0.25) is 5.02 Å². The first kappa shape index (κ1) is 22.7. The van der Waals surface area contributed by atoms with Crippen LogP contribution in [0.4, 0.5) is 0 Å². The van der Waals surface area contributed by atoms with E-state index in [0.29, 0.717) is 17.6 Å². The highest BCUT2D eigenvalue weighted by atomic mass is 35.5. The molecule has 0 radical (unpaired) electrons. The third kappa shape index (κ3) is 2.96. The molecule has 4 N–H and O–H groups in total. The smallest absolute Gasteiger partial charge is 0.340 e. The second-order valence-corrected chi connectivity index (χ2v) is 9.13. The molecule has 1 atom stereocenters. The molecule has 35 heavy (non-hydrogen) atoms. The number of phenolic OH excluding ortho intramolecular Hbond substituents is 1. The number of aromatic hydroxyl groups is 1. The number of fused-ring (bicyclic) bond motifs is 5. The van der Waals surface area contributed by atoms with E-state index in [1.165, 1.54) is 30.0 Å². The van der Waals surface area contributed by atoms with E-state index in [1.54, 1.807) is 6.92 Å². The minimum absolute atomic E-state index is 0.0181. The number of aliphatic carboxylic acids is 2. The van der Waals surface area contributed by atoms with Gasteiger partial charge in [0.2, 0.25) is 5.54 Å². The number of ketones is 1. The number of nitrogens with zero attached hydrogens (tertiary/aromatic N) is 1. The van der Waals surface area contributed by atoms with Crippen molar-refractivity contribution in [2.45, 2.75) is 25.8 Å². The van der Waals surface area contributed by atoms with Crippen molar-refractivity contribution >= 4 is 40.2 Å². The summed E-state index contributed by atoms with van der Waals surface area (Å²) in [6.45, 7) is 3.21. The van der Waals surface area contributed by atoms with Crippen LogP contribution in [0.1, 0.15) is 35.5 Å². The van der Waals surface area contributed by atoms with Crippen LogP contribution in [0.15, 0.2) is 64.9 Å². The molecule has 1 unspecified atom stereocenters. The van der Waals surface area contributed by atoms with Crippen LogP contribution in [0.3, 0.4) is 0 Å². The Balaban J connectivity index is 1.84. The van der Waals surface area contributed by atoms with Crippen molar-refractivity contribution in [1.29, 1.82) is 0 Å². The number of aromatic nitrogens is 1. The number of carbonyl (C=O) groups is 3. The van der Waals surface area contributed by atoms with Crippen LogP contribution in [-0.2, 0) is 21.5 Å². The van der Waals surface area contributed by atoms with Gasteiger partial charge in [-0.3, -0.25) is 4.79 Å². The molecule has 8 nitrogen and oxygen atoms in total. The average Bonchev–Trinajstić information content (AvgIpc) is 3.19. The maximum atomic E-state index is 13.6. The Morgan fingerprint density at radius 1 is 1.09 bits per heavy atom. The topological polar surface area (TPSA) is 131 Å². The third-order valence-corrected chi connectivity index (χ3v) is 7.23. The van der Waals surface area contributed by atoms with Crippen molar-refractivity contribution in [1.82, 2.24) is 9.88 Å². The van der Waals surface area contributed by atoms with E-state index < -0.39 is 28.8 Å². The predicted molar refractivity (Wildman–Crippen MR) is 129 cm³/mol. The number of nitrogens with one attached hydrogen (secondary N) is 1. The lowest BCUT2D eigenvalue weighted by atomic mass is 9.72. The van der Waals surface area contributed by atoms with Gasteiger partial charge in [0.1, 0.15) is 5.75 Å². The summed E-state index contributed by atoms with van der Waals surface area (Å²) in [6.07, 6.45) is 0.446. The fraction of sp³-hybridized carbons (Fsp3) is 0.192. The molecule has 0 saturated carbocycles. The summed E-state index contributed by atoms with van der Waals surface area (Å²) in [5.41, 5.74) is -0.520. The summed E-state index contributed by atoms with van der Waals surface area (Å²) < 4.78 is 0. The molecule has 0 spiro atoms. The van der Waals surface area contributed by atoms with Crippen molar-refractivity contribution in [2.75, 3.05) is 6.54 Å². The van der Waals surface area contributed by atoms with Crippen molar-refractivity contribution in [3.05, 3.63) is 86.7 Å². The van der Waals surface area contributed by atoms with Crippen LogP contribution in [0.5, 0.6) is 5.75 Å².